The number of carboxylic acids is 1. The van der Waals surface area contributed by atoms with E-state index in [2.05, 4.69) is 52.8 Å². The second-order valence-electron chi connectivity index (χ2n) is 23.5. The van der Waals surface area contributed by atoms with E-state index in [0.717, 1.165) is 13.8 Å². The Kier molecular flexibility index (Phi) is 32.8. The molecule has 0 aliphatic carbocycles. The van der Waals surface area contributed by atoms with E-state index in [9.17, 15) is 92.3 Å². The lowest BCUT2D eigenvalue weighted by atomic mass is 9.99. The van der Waals surface area contributed by atoms with E-state index in [1.807, 2.05) is 0 Å². The minimum Gasteiger partial charge on any atom is -0.480 e. The van der Waals surface area contributed by atoms with Gasteiger partial charge >= 0.3 is 5.97 Å². The number of rotatable bonds is 39. The maximum atomic E-state index is 14.6. The van der Waals surface area contributed by atoms with Crippen LogP contribution >= 0.6 is 0 Å². The Morgan fingerprint density at radius 1 is 0.511 bits per heavy atom. The number of hydrogen-bond donors (Lipinski definition) is 19. The van der Waals surface area contributed by atoms with E-state index in [1.54, 1.807) is 13.8 Å². The first-order valence-electron chi connectivity index (χ1n) is 30.1. The predicted molar refractivity (Wildman–Crippen MR) is 323 cm³/mol. The minimum absolute atomic E-state index is 0.0133. The summed E-state index contributed by atoms with van der Waals surface area (Å²) in [7, 11) is 0. The molecule has 2 fully saturated rings. The number of guanidine groups is 1. The van der Waals surface area contributed by atoms with Gasteiger partial charge in [0.25, 0.3) is 0 Å². The van der Waals surface area contributed by atoms with Crippen molar-refractivity contribution in [2.75, 3.05) is 26.2 Å². The highest BCUT2D eigenvalue weighted by Crippen LogP contribution is 2.27. The molecule has 14 amide bonds. The molecular formula is C55H94N18O19. The van der Waals surface area contributed by atoms with Crippen molar-refractivity contribution in [3.63, 3.8) is 0 Å². The zero-order valence-corrected chi connectivity index (χ0v) is 52.8. The number of hydrogen-bond acceptors (Lipinski definition) is 20. The number of carboxylic acid groups (broad SMARTS) is 1. The number of aliphatic hydroxyl groups excluding tert-OH is 3. The Bertz CT molecular complexity index is 2690. The van der Waals surface area contributed by atoms with Crippen molar-refractivity contribution in [3.05, 3.63) is 0 Å². The van der Waals surface area contributed by atoms with Crippen LogP contribution in [-0.4, -0.2) is 236 Å². The van der Waals surface area contributed by atoms with Gasteiger partial charge in [-0.15, -0.1) is 0 Å². The topological polar surface area (TPSA) is 620 Å². The number of nitrogens with two attached hydrogens (primary N) is 6. The number of aliphatic imine (C=N–C) groups is 1. The van der Waals surface area contributed by atoms with Crippen LogP contribution in [0.2, 0.25) is 0 Å². The Balaban J connectivity index is 2.33. The van der Waals surface area contributed by atoms with E-state index >= 15 is 0 Å². The number of primary amides is 3. The van der Waals surface area contributed by atoms with Crippen LogP contribution in [0, 0.1) is 11.8 Å². The number of carbonyl (C=O) groups is 15. The van der Waals surface area contributed by atoms with Gasteiger partial charge in [-0.1, -0.05) is 27.7 Å². The van der Waals surface area contributed by atoms with Crippen LogP contribution in [0.3, 0.4) is 0 Å². The molecular weight excluding hydrogens is 1220 g/mol. The summed E-state index contributed by atoms with van der Waals surface area (Å²) in [5.74, 6) is -16.1. The Labute approximate surface area is 530 Å². The molecule has 14 atom stereocenters. The van der Waals surface area contributed by atoms with Crippen molar-refractivity contribution in [2.24, 2.45) is 51.2 Å². The third-order valence-corrected chi connectivity index (χ3v) is 14.8. The number of aliphatic hydroxyl groups is 3. The van der Waals surface area contributed by atoms with E-state index < -0.39 is 218 Å². The second kappa shape index (κ2) is 38.1. The summed E-state index contributed by atoms with van der Waals surface area (Å²) in [6, 6.07) is -16.6. The van der Waals surface area contributed by atoms with Crippen molar-refractivity contribution in [1.82, 2.24) is 57.7 Å². The largest absolute Gasteiger partial charge is 0.480 e. The molecule has 2 aliphatic rings. The molecule has 92 heavy (non-hydrogen) atoms. The zero-order chi connectivity index (χ0) is 70.0. The number of likely N-dealkylation sites (tertiary alicyclic amines) is 2. The average Bonchev–Trinajstić information content (AvgIpc) is 1.65. The molecule has 2 saturated heterocycles. The minimum atomic E-state index is -1.79. The van der Waals surface area contributed by atoms with Gasteiger partial charge in [0.05, 0.1) is 37.3 Å². The standard InChI is InChI=1S/C55H94N18O19/c1-24(2)21-33(67-49(86)40(25(3)4)68-51(88)43(28(7)76)69-44(81)29(56)22-38(59)79)46(83)70-41(26(5)74)48(85)63-23-39(80)64-30(14-16-36(57)77)45(82)65-31(11-8-18-62-55(60)61)52(89)73-20-10-13-35(73)53(90)72-19-9-12-34(72)47(84)71-42(27(6)75)50(87)66-32(54(91)92)15-17-37(58)78/h24-35,40-43,74-76H,8-23,56H2,1-7H3,(H2,57,77)(H2,58,78)(H2,59,79)(H,63,85)(H,64,80)(H,65,82)(H,66,87)(H,67,86)(H,68,88)(H,69,81)(H,70,83)(H,71,84)(H,91,92)(H4,60,61,62)/t26-,27-,28-,29+,30+,31+,32+,33+,34+,35+,40+,41+,42+,43+/m1/s1. The lowest BCUT2D eigenvalue weighted by molar-refractivity contribution is -0.148. The van der Waals surface area contributed by atoms with Crippen LogP contribution in [0.15, 0.2) is 4.99 Å². The molecule has 0 unspecified atom stereocenters. The number of carbonyl (C=O) groups excluding carboxylic acids is 14. The third kappa shape index (κ3) is 26.2. The highest BCUT2D eigenvalue weighted by atomic mass is 16.4. The summed E-state index contributed by atoms with van der Waals surface area (Å²) >= 11 is 0. The van der Waals surface area contributed by atoms with Gasteiger partial charge in [0.15, 0.2) is 5.96 Å². The number of aliphatic carboxylic acids is 1. The maximum absolute atomic E-state index is 14.6. The van der Waals surface area contributed by atoms with Gasteiger partial charge in [0.2, 0.25) is 82.7 Å². The molecule has 0 bridgehead atoms. The molecule has 0 saturated carbocycles. The van der Waals surface area contributed by atoms with Crippen molar-refractivity contribution >= 4 is 94.6 Å². The van der Waals surface area contributed by atoms with E-state index in [4.69, 9.17) is 34.4 Å². The third-order valence-electron chi connectivity index (χ3n) is 14.8. The lowest BCUT2D eigenvalue weighted by Gasteiger charge is -2.34. The molecule has 0 aromatic heterocycles. The fourth-order valence-electron chi connectivity index (χ4n) is 9.93. The molecule has 0 aromatic carbocycles. The smallest absolute Gasteiger partial charge is 0.326 e. The Morgan fingerprint density at radius 2 is 0.978 bits per heavy atom. The summed E-state index contributed by atoms with van der Waals surface area (Å²) in [6.07, 6.45) is -6.51. The summed E-state index contributed by atoms with van der Waals surface area (Å²) < 4.78 is 0. The summed E-state index contributed by atoms with van der Waals surface area (Å²) in [5, 5.41) is 62.4. The van der Waals surface area contributed by atoms with Crippen LogP contribution in [0.4, 0.5) is 0 Å². The molecule has 0 spiro atoms. The van der Waals surface area contributed by atoms with Crippen LogP contribution in [-0.2, 0) is 71.9 Å². The van der Waals surface area contributed by atoms with E-state index in [0.29, 0.717) is 6.42 Å². The Morgan fingerprint density at radius 3 is 1.50 bits per heavy atom. The van der Waals surface area contributed by atoms with Crippen LogP contribution in [0.1, 0.15) is 126 Å². The molecule has 0 radical (unpaired) electrons. The fraction of sp³-hybridized carbons (Fsp3) is 0.709. The van der Waals surface area contributed by atoms with Gasteiger partial charge < -0.3 is 112 Å². The van der Waals surface area contributed by atoms with Gasteiger partial charge in [0, 0.05) is 32.5 Å². The molecule has 2 aliphatic heterocycles. The predicted octanol–water partition coefficient (Wildman–Crippen LogP) is -9.32. The summed E-state index contributed by atoms with van der Waals surface area (Å²) in [4.78, 5) is 204. The first-order valence-corrected chi connectivity index (χ1v) is 30.1. The van der Waals surface area contributed by atoms with Gasteiger partial charge in [-0.2, -0.15) is 0 Å². The van der Waals surface area contributed by atoms with Crippen molar-refractivity contribution in [1.29, 1.82) is 0 Å². The molecule has 25 N–H and O–H groups in total. The summed E-state index contributed by atoms with van der Waals surface area (Å²) in [6.45, 7) is 8.97. The quantitative estimate of drug-likeness (QED) is 0.0154. The highest BCUT2D eigenvalue weighted by Gasteiger charge is 2.45. The van der Waals surface area contributed by atoms with E-state index in [-0.39, 0.29) is 70.0 Å². The highest BCUT2D eigenvalue weighted by molar-refractivity contribution is 6.00. The van der Waals surface area contributed by atoms with Crippen molar-refractivity contribution in [2.45, 2.75) is 210 Å². The first-order chi connectivity index (χ1) is 42.9. The van der Waals surface area contributed by atoms with Crippen LogP contribution in [0.5, 0.6) is 0 Å². The van der Waals surface area contributed by atoms with Gasteiger partial charge in [0.1, 0.15) is 60.4 Å². The molecule has 0 aromatic rings. The van der Waals surface area contributed by atoms with Gasteiger partial charge in [-0.25, -0.2) is 4.79 Å². The molecule has 518 valence electrons. The number of nitrogens with zero attached hydrogens (tertiary/aromatic N) is 3. The number of amides is 14. The monoisotopic (exact) mass is 1310 g/mol. The fourth-order valence-corrected chi connectivity index (χ4v) is 9.93. The van der Waals surface area contributed by atoms with E-state index in [1.165, 1.54) is 30.6 Å². The zero-order valence-electron chi connectivity index (χ0n) is 52.8. The lowest BCUT2D eigenvalue weighted by Crippen LogP contribution is -2.62. The normalized spacial score (nSPS) is 18.4. The summed E-state index contributed by atoms with van der Waals surface area (Å²) in [5.41, 5.74) is 32.4. The van der Waals surface area contributed by atoms with Crippen LogP contribution in [0.25, 0.3) is 0 Å². The molecule has 2 rings (SSSR count). The van der Waals surface area contributed by atoms with Crippen molar-refractivity contribution in [3.8, 4) is 0 Å². The maximum Gasteiger partial charge on any atom is 0.326 e. The average molecular weight is 1310 g/mol. The first kappa shape index (κ1) is 79.3. The number of nitrogens with one attached hydrogen (secondary N) is 9. The van der Waals surface area contributed by atoms with Crippen molar-refractivity contribution < 1.29 is 92.3 Å². The molecule has 37 nitrogen and oxygen atoms in total. The SMILES string of the molecule is CC(C)C[C@H](NC(=O)[C@@H](NC(=O)[C@@H](NC(=O)[C@@H](N)CC(N)=O)[C@@H](C)O)C(C)C)C(=O)N[C@H](C(=O)NCC(=O)N[C@@H](CCC(N)=O)C(=O)N[C@@H](CCCN=C(N)N)C(=O)N1CCC[C@H]1C(=O)N1CCC[C@H]1C(=O)N[C@H](C(=O)N[C@@H](CCC(N)=O)C(=O)O)[C@@H](C)O)[C@@H](C)O. The van der Waals surface area contributed by atoms with Gasteiger partial charge in [-0.3, -0.25) is 72.1 Å². The Hall–Kier alpha value is -8.84. The molecule has 37 heteroatoms. The molecule has 2 heterocycles. The second-order valence-corrected chi connectivity index (χ2v) is 23.5. The van der Waals surface area contributed by atoms with Gasteiger partial charge in [-0.05, 0) is 90.4 Å². The van der Waals surface area contributed by atoms with Crippen LogP contribution < -0.4 is 82.3 Å².